The molecular weight excluding hydrogens is 473 g/mol. The van der Waals surface area contributed by atoms with Crippen LogP contribution in [0.5, 0.6) is 5.75 Å². The Morgan fingerprint density at radius 3 is 2.59 bits per heavy atom. The highest BCUT2D eigenvalue weighted by atomic mass is 35.5. The first-order valence-corrected chi connectivity index (χ1v) is 12.2. The van der Waals surface area contributed by atoms with E-state index >= 15 is 0 Å². The lowest BCUT2D eigenvalue weighted by atomic mass is 10.1. The fraction of sp³-hybridized carbons (Fsp3) is 0.320. The van der Waals surface area contributed by atoms with Gasteiger partial charge in [-0.15, -0.1) is 0 Å². The molecule has 3 aromatic rings. The number of fused-ring (bicyclic) bond motifs is 2. The van der Waals surface area contributed by atoms with Gasteiger partial charge < -0.3 is 9.64 Å². The van der Waals surface area contributed by atoms with E-state index in [1.807, 2.05) is 18.2 Å². The Bertz CT molecular complexity index is 1220. The van der Waals surface area contributed by atoms with Crippen molar-refractivity contribution < 1.29 is 9.53 Å². The number of amides is 1. The van der Waals surface area contributed by atoms with Crippen LogP contribution < -0.4 is 9.64 Å². The summed E-state index contributed by atoms with van der Waals surface area (Å²) in [6, 6.07) is 13.1. The molecule has 1 fully saturated rings. The van der Waals surface area contributed by atoms with Crippen molar-refractivity contribution in [1.82, 2.24) is 19.8 Å². The molecule has 0 saturated carbocycles. The van der Waals surface area contributed by atoms with Crippen LogP contribution in [0, 0.1) is 0 Å². The maximum absolute atomic E-state index is 13.0. The van der Waals surface area contributed by atoms with Crippen LogP contribution in [-0.2, 0) is 0 Å². The molecule has 0 N–H and O–H groups in total. The summed E-state index contributed by atoms with van der Waals surface area (Å²) in [4.78, 5) is 28.3. The largest absolute Gasteiger partial charge is 0.461 e. The summed E-state index contributed by atoms with van der Waals surface area (Å²) >= 11 is 12.4. The van der Waals surface area contributed by atoms with E-state index < -0.39 is 0 Å². The number of hydrogen-bond donors (Lipinski definition) is 0. The number of nitrogens with zero attached hydrogens (tertiary/aromatic N) is 5. The van der Waals surface area contributed by atoms with Gasteiger partial charge in [0.05, 0.1) is 11.1 Å². The van der Waals surface area contributed by atoms with Crippen molar-refractivity contribution >= 4 is 45.8 Å². The lowest BCUT2D eigenvalue weighted by molar-refractivity contribution is 0.0814. The molecule has 3 heterocycles. The fourth-order valence-electron chi connectivity index (χ4n) is 4.43. The van der Waals surface area contributed by atoms with Gasteiger partial charge >= 0.3 is 0 Å². The molecule has 2 aliphatic heterocycles. The molecule has 0 unspecified atom stereocenters. The second-order valence-corrected chi connectivity index (χ2v) is 9.23. The summed E-state index contributed by atoms with van der Waals surface area (Å²) in [6.07, 6.45) is 4.86. The first-order valence-electron chi connectivity index (χ1n) is 11.4. The molecule has 0 atom stereocenters. The molecule has 1 aromatic heterocycles. The smallest absolute Gasteiger partial charge is 0.262 e. The average Bonchev–Trinajstić information content (AvgIpc) is 2.98. The second-order valence-electron chi connectivity index (χ2n) is 8.41. The normalized spacial score (nSPS) is 16.8. The summed E-state index contributed by atoms with van der Waals surface area (Å²) in [5.41, 5.74) is 1.40. The second kappa shape index (κ2) is 10.2. The predicted molar refractivity (Wildman–Crippen MR) is 134 cm³/mol. The topological polar surface area (TPSA) is 61.8 Å². The van der Waals surface area contributed by atoms with Gasteiger partial charge in [0.25, 0.3) is 5.91 Å². The Morgan fingerprint density at radius 2 is 1.74 bits per heavy atom. The number of rotatable bonds is 6. The number of para-hydroxylation sites is 1. The summed E-state index contributed by atoms with van der Waals surface area (Å²) in [5, 5.41) is 1.86. The fourth-order valence-corrected chi connectivity index (χ4v) is 4.81. The van der Waals surface area contributed by atoms with E-state index in [9.17, 15) is 4.79 Å². The highest BCUT2D eigenvalue weighted by Gasteiger charge is 2.26. The minimum Gasteiger partial charge on any atom is -0.461 e. The molecule has 34 heavy (non-hydrogen) atoms. The standard InChI is InChI=1S/C25H25Cl2N5O2/c26-18-7-8-22-20(15-18)25(33)32(23(27)16-34-22)10-4-3-9-30-11-13-31(14-12-30)24-19-5-1-2-6-21(19)28-17-29-24/h1-2,5-8,15-17H,3-4,9-14H2. The van der Waals surface area contributed by atoms with Crippen LogP contribution in [0.2, 0.25) is 5.02 Å². The average molecular weight is 498 g/mol. The number of unbranched alkanes of at least 4 members (excludes halogenated alkanes) is 1. The zero-order valence-electron chi connectivity index (χ0n) is 18.7. The molecule has 9 heteroatoms. The number of carbonyl (C=O) groups excluding carboxylic acids is 1. The molecule has 2 aliphatic rings. The Morgan fingerprint density at radius 1 is 0.941 bits per heavy atom. The van der Waals surface area contributed by atoms with Crippen molar-refractivity contribution in [3.05, 3.63) is 70.8 Å². The van der Waals surface area contributed by atoms with Gasteiger partial charge in [-0.25, -0.2) is 9.97 Å². The summed E-state index contributed by atoms with van der Waals surface area (Å²) in [7, 11) is 0. The number of hydrogen-bond acceptors (Lipinski definition) is 6. The molecule has 1 saturated heterocycles. The van der Waals surface area contributed by atoms with E-state index in [0.29, 0.717) is 22.9 Å². The number of aromatic nitrogens is 2. The first-order chi connectivity index (χ1) is 16.6. The van der Waals surface area contributed by atoms with Gasteiger partial charge in [0.1, 0.15) is 29.3 Å². The van der Waals surface area contributed by atoms with Gasteiger partial charge in [-0.1, -0.05) is 35.3 Å². The molecule has 1 amide bonds. The Kier molecular flexibility index (Phi) is 6.85. The Balaban J connectivity index is 1.12. The lowest BCUT2D eigenvalue weighted by Crippen LogP contribution is -2.47. The van der Waals surface area contributed by atoms with Crippen LogP contribution in [0.25, 0.3) is 10.9 Å². The third kappa shape index (κ3) is 4.82. The van der Waals surface area contributed by atoms with E-state index in [1.165, 1.54) is 6.26 Å². The van der Waals surface area contributed by atoms with E-state index in [-0.39, 0.29) is 11.1 Å². The van der Waals surface area contributed by atoms with Crippen LogP contribution >= 0.6 is 23.2 Å². The zero-order chi connectivity index (χ0) is 23.5. The highest BCUT2D eigenvalue weighted by molar-refractivity contribution is 6.32. The van der Waals surface area contributed by atoms with Crippen LogP contribution in [-0.4, -0.2) is 64.9 Å². The summed E-state index contributed by atoms with van der Waals surface area (Å²) < 4.78 is 5.55. The minimum absolute atomic E-state index is 0.193. The summed E-state index contributed by atoms with van der Waals surface area (Å²) in [6.45, 7) is 5.30. The van der Waals surface area contributed by atoms with Crippen molar-refractivity contribution in [2.75, 3.05) is 44.2 Å². The number of piperazine rings is 1. The molecule has 0 radical (unpaired) electrons. The lowest BCUT2D eigenvalue weighted by Gasteiger charge is -2.35. The van der Waals surface area contributed by atoms with Crippen molar-refractivity contribution in [3.8, 4) is 5.75 Å². The quantitative estimate of drug-likeness (QED) is 0.361. The number of ether oxygens (including phenoxy) is 1. The van der Waals surface area contributed by atoms with Crippen LogP contribution in [0.4, 0.5) is 5.82 Å². The van der Waals surface area contributed by atoms with Crippen molar-refractivity contribution in [3.63, 3.8) is 0 Å². The first kappa shape index (κ1) is 22.9. The van der Waals surface area contributed by atoms with E-state index in [4.69, 9.17) is 27.9 Å². The Hall–Kier alpha value is -2.87. The van der Waals surface area contributed by atoms with Crippen molar-refractivity contribution in [1.29, 1.82) is 0 Å². The van der Waals surface area contributed by atoms with Gasteiger partial charge in [0.2, 0.25) is 0 Å². The molecule has 5 rings (SSSR count). The monoisotopic (exact) mass is 497 g/mol. The van der Waals surface area contributed by atoms with Gasteiger partial charge in [0.15, 0.2) is 0 Å². The Labute approximate surface area is 208 Å². The molecule has 7 nitrogen and oxygen atoms in total. The molecule has 0 aliphatic carbocycles. The number of carbonyl (C=O) groups is 1. The van der Waals surface area contributed by atoms with Crippen molar-refractivity contribution in [2.45, 2.75) is 12.8 Å². The number of anilines is 1. The maximum atomic E-state index is 13.0. The van der Waals surface area contributed by atoms with E-state index in [0.717, 1.165) is 62.3 Å². The molecule has 2 aromatic carbocycles. The molecule has 0 spiro atoms. The predicted octanol–water partition coefficient (Wildman–Crippen LogP) is 4.76. The SMILES string of the molecule is O=C1c2cc(Cl)ccc2OC=C(Cl)N1CCCCN1CCN(c2ncnc3ccccc23)CC1. The third-order valence-electron chi connectivity index (χ3n) is 6.26. The van der Waals surface area contributed by atoms with Gasteiger partial charge in [-0.3, -0.25) is 14.6 Å². The van der Waals surface area contributed by atoms with E-state index in [2.05, 4.69) is 25.8 Å². The van der Waals surface area contributed by atoms with E-state index in [1.54, 1.807) is 29.4 Å². The van der Waals surface area contributed by atoms with Crippen LogP contribution in [0.1, 0.15) is 23.2 Å². The van der Waals surface area contributed by atoms with Crippen molar-refractivity contribution in [2.24, 2.45) is 0 Å². The van der Waals surface area contributed by atoms with Gasteiger partial charge in [-0.2, -0.15) is 0 Å². The van der Waals surface area contributed by atoms with Gasteiger partial charge in [-0.05, 0) is 49.7 Å². The van der Waals surface area contributed by atoms with Crippen LogP contribution in [0.3, 0.4) is 0 Å². The van der Waals surface area contributed by atoms with Gasteiger partial charge in [0, 0.05) is 43.1 Å². The zero-order valence-corrected chi connectivity index (χ0v) is 20.2. The van der Waals surface area contributed by atoms with Crippen LogP contribution in [0.15, 0.2) is 60.2 Å². The minimum atomic E-state index is -0.193. The third-order valence-corrected chi connectivity index (χ3v) is 6.79. The number of benzene rings is 2. The highest BCUT2D eigenvalue weighted by Crippen LogP contribution is 2.30. The maximum Gasteiger partial charge on any atom is 0.262 e. The summed E-state index contributed by atoms with van der Waals surface area (Å²) in [5.74, 6) is 1.28. The molecular formula is C25H25Cl2N5O2. The molecule has 176 valence electrons. The number of halogens is 2. The molecule has 0 bridgehead atoms.